The summed E-state index contributed by atoms with van der Waals surface area (Å²) in [4.78, 5) is 24.5. The highest BCUT2D eigenvalue weighted by molar-refractivity contribution is 6.35. The van der Waals surface area contributed by atoms with Gasteiger partial charge in [0.1, 0.15) is 23.1 Å². The SMILES string of the molecule is O=C(NC(=O)c1ccccc1Oc1ccc(Cl)cc1Cl)Nc1ccc(F)cc1F. The summed E-state index contributed by atoms with van der Waals surface area (Å²) in [6.45, 7) is 0. The first-order valence-corrected chi connectivity index (χ1v) is 8.88. The molecule has 0 saturated carbocycles. The highest BCUT2D eigenvalue weighted by atomic mass is 35.5. The van der Waals surface area contributed by atoms with Crippen molar-refractivity contribution in [3.63, 3.8) is 0 Å². The summed E-state index contributed by atoms with van der Waals surface area (Å²) < 4.78 is 32.2. The second kappa shape index (κ2) is 8.89. The lowest BCUT2D eigenvalue weighted by molar-refractivity contribution is 0.0965. The zero-order valence-corrected chi connectivity index (χ0v) is 16.0. The fraction of sp³-hybridized carbons (Fsp3) is 0. The monoisotopic (exact) mass is 436 g/mol. The molecular formula is C20H12Cl2F2N2O3. The van der Waals surface area contributed by atoms with Crippen LogP contribution < -0.4 is 15.4 Å². The Morgan fingerprint density at radius 2 is 1.66 bits per heavy atom. The van der Waals surface area contributed by atoms with Crippen LogP contribution in [0, 0.1) is 11.6 Å². The summed E-state index contributed by atoms with van der Waals surface area (Å²) in [5, 5.41) is 4.83. The Hall–Kier alpha value is -3.16. The lowest BCUT2D eigenvalue weighted by Gasteiger charge is -2.12. The molecule has 3 rings (SSSR count). The maximum absolute atomic E-state index is 13.6. The van der Waals surface area contributed by atoms with Crippen molar-refractivity contribution in [2.24, 2.45) is 0 Å². The van der Waals surface area contributed by atoms with Crippen LogP contribution in [0.4, 0.5) is 19.3 Å². The van der Waals surface area contributed by atoms with E-state index in [1.54, 1.807) is 18.2 Å². The molecule has 148 valence electrons. The minimum atomic E-state index is -1.00. The molecule has 0 aliphatic rings. The number of ether oxygens (including phenoxy) is 1. The van der Waals surface area contributed by atoms with Crippen molar-refractivity contribution in [1.29, 1.82) is 0 Å². The fourth-order valence-corrected chi connectivity index (χ4v) is 2.78. The number of anilines is 1. The number of nitrogens with one attached hydrogen (secondary N) is 2. The first kappa shape index (κ1) is 20.6. The molecule has 0 unspecified atom stereocenters. The number of hydrogen-bond donors (Lipinski definition) is 2. The number of carbonyl (C=O) groups is 2. The van der Waals surface area contributed by atoms with E-state index in [4.69, 9.17) is 27.9 Å². The number of imide groups is 1. The molecule has 0 spiro atoms. The van der Waals surface area contributed by atoms with E-state index in [1.165, 1.54) is 24.3 Å². The Labute approximate surface area is 174 Å². The molecule has 0 radical (unpaired) electrons. The van der Waals surface area contributed by atoms with Gasteiger partial charge in [-0.1, -0.05) is 35.3 Å². The van der Waals surface area contributed by atoms with E-state index < -0.39 is 23.6 Å². The Bertz CT molecular complexity index is 1090. The first-order valence-electron chi connectivity index (χ1n) is 8.13. The van der Waals surface area contributed by atoms with Crippen LogP contribution in [0.25, 0.3) is 0 Å². The van der Waals surface area contributed by atoms with Crippen LogP contribution in [0.1, 0.15) is 10.4 Å². The quantitative estimate of drug-likeness (QED) is 0.524. The van der Waals surface area contributed by atoms with E-state index in [2.05, 4.69) is 10.6 Å². The van der Waals surface area contributed by atoms with Gasteiger partial charge in [0.2, 0.25) is 0 Å². The Balaban J connectivity index is 1.75. The predicted molar refractivity (Wildman–Crippen MR) is 106 cm³/mol. The maximum Gasteiger partial charge on any atom is 0.326 e. The highest BCUT2D eigenvalue weighted by Gasteiger charge is 2.17. The number of carbonyl (C=O) groups excluding carboxylic acids is 2. The first-order chi connectivity index (χ1) is 13.8. The molecule has 0 fully saturated rings. The molecule has 0 aromatic heterocycles. The van der Waals surface area contributed by atoms with Crippen LogP contribution in [0.5, 0.6) is 11.5 Å². The molecule has 29 heavy (non-hydrogen) atoms. The number of hydrogen-bond acceptors (Lipinski definition) is 3. The molecule has 5 nitrogen and oxygen atoms in total. The zero-order chi connectivity index (χ0) is 21.0. The molecule has 0 aliphatic carbocycles. The third-order valence-corrected chi connectivity index (χ3v) is 4.18. The van der Waals surface area contributed by atoms with Gasteiger partial charge >= 0.3 is 6.03 Å². The van der Waals surface area contributed by atoms with Crippen LogP contribution in [0.15, 0.2) is 60.7 Å². The van der Waals surface area contributed by atoms with Gasteiger partial charge in [-0.2, -0.15) is 0 Å². The Morgan fingerprint density at radius 3 is 2.38 bits per heavy atom. The molecule has 3 aromatic carbocycles. The van der Waals surface area contributed by atoms with Gasteiger partial charge in [-0.15, -0.1) is 0 Å². The van der Waals surface area contributed by atoms with Crippen molar-refractivity contribution < 1.29 is 23.1 Å². The number of halogens is 4. The van der Waals surface area contributed by atoms with Gasteiger partial charge in [0.15, 0.2) is 0 Å². The average molecular weight is 437 g/mol. The fourth-order valence-electron chi connectivity index (χ4n) is 2.33. The van der Waals surface area contributed by atoms with Crippen molar-refractivity contribution in [1.82, 2.24) is 5.32 Å². The zero-order valence-electron chi connectivity index (χ0n) is 14.5. The number of amides is 3. The third-order valence-electron chi connectivity index (χ3n) is 3.65. The number of urea groups is 1. The molecule has 9 heteroatoms. The van der Waals surface area contributed by atoms with Crippen LogP contribution in [0.3, 0.4) is 0 Å². The van der Waals surface area contributed by atoms with Crippen molar-refractivity contribution in [2.45, 2.75) is 0 Å². The Kier molecular flexibility index (Phi) is 6.31. The molecule has 0 aliphatic heterocycles. The van der Waals surface area contributed by atoms with E-state index in [0.29, 0.717) is 11.1 Å². The van der Waals surface area contributed by atoms with Gasteiger partial charge in [0, 0.05) is 11.1 Å². The molecule has 2 N–H and O–H groups in total. The summed E-state index contributed by atoms with van der Waals surface area (Å²) in [6, 6.07) is 12.3. The average Bonchev–Trinajstić information content (AvgIpc) is 2.66. The normalized spacial score (nSPS) is 10.3. The summed E-state index contributed by atoms with van der Waals surface area (Å²) in [5.41, 5.74) is -0.248. The van der Waals surface area contributed by atoms with Crippen LogP contribution in [0.2, 0.25) is 10.0 Å². The van der Waals surface area contributed by atoms with Gasteiger partial charge in [0.05, 0.1) is 16.3 Å². The number of benzene rings is 3. The van der Waals surface area contributed by atoms with Gasteiger partial charge in [-0.3, -0.25) is 10.1 Å². The third kappa shape index (κ3) is 5.22. The van der Waals surface area contributed by atoms with E-state index in [9.17, 15) is 18.4 Å². The molecule has 0 heterocycles. The molecule has 0 atom stereocenters. The highest BCUT2D eigenvalue weighted by Crippen LogP contribution is 2.33. The lowest BCUT2D eigenvalue weighted by Crippen LogP contribution is -2.34. The second-order valence-corrected chi connectivity index (χ2v) is 6.55. The summed E-state index contributed by atoms with van der Waals surface area (Å²) in [5.74, 6) is -2.18. The van der Waals surface area contributed by atoms with Gasteiger partial charge in [0.25, 0.3) is 5.91 Å². The van der Waals surface area contributed by atoms with Crippen LogP contribution >= 0.6 is 23.2 Å². The largest absolute Gasteiger partial charge is 0.455 e. The van der Waals surface area contributed by atoms with E-state index >= 15 is 0 Å². The molecular weight excluding hydrogens is 425 g/mol. The molecule has 3 aromatic rings. The second-order valence-electron chi connectivity index (χ2n) is 5.71. The smallest absolute Gasteiger partial charge is 0.326 e. The van der Waals surface area contributed by atoms with Gasteiger partial charge in [-0.25, -0.2) is 13.6 Å². The number of rotatable bonds is 4. The Morgan fingerprint density at radius 1 is 0.897 bits per heavy atom. The molecule has 0 bridgehead atoms. The summed E-state index contributed by atoms with van der Waals surface area (Å²) in [6.07, 6.45) is 0. The summed E-state index contributed by atoms with van der Waals surface area (Å²) >= 11 is 11.9. The van der Waals surface area contributed by atoms with Gasteiger partial charge < -0.3 is 10.1 Å². The predicted octanol–water partition coefficient (Wildman–Crippen LogP) is 6.03. The summed E-state index contributed by atoms with van der Waals surface area (Å²) in [7, 11) is 0. The van der Waals surface area contributed by atoms with E-state index in [0.717, 1.165) is 12.1 Å². The minimum absolute atomic E-state index is 0.0354. The standard InChI is InChI=1S/C20H12Cl2F2N2O3/c21-11-5-8-18(14(22)9-11)29-17-4-2-1-3-13(17)19(27)26-20(28)25-16-7-6-12(23)10-15(16)24/h1-10H,(H2,25,26,27,28). The number of para-hydroxylation sites is 1. The topological polar surface area (TPSA) is 67.4 Å². The van der Waals surface area contributed by atoms with Crippen LogP contribution in [-0.4, -0.2) is 11.9 Å². The van der Waals surface area contributed by atoms with E-state index in [-0.39, 0.29) is 27.8 Å². The van der Waals surface area contributed by atoms with E-state index in [1.807, 2.05) is 0 Å². The van der Waals surface area contributed by atoms with Crippen molar-refractivity contribution >= 4 is 40.8 Å². The van der Waals surface area contributed by atoms with Crippen molar-refractivity contribution in [2.75, 3.05) is 5.32 Å². The molecule has 0 saturated heterocycles. The van der Waals surface area contributed by atoms with Crippen LogP contribution in [-0.2, 0) is 0 Å². The maximum atomic E-state index is 13.6. The minimum Gasteiger partial charge on any atom is -0.455 e. The molecule has 3 amide bonds. The van der Waals surface area contributed by atoms with Crippen molar-refractivity contribution in [3.05, 3.63) is 87.9 Å². The van der Waals surface area contributed by atoms with Gasteiger partial charge in [-0.05, 0) is 42.5 Å². The van der Waals surface area contributed by atoms with Crippen molar-refractivity contribution in [3.8, 4) is 11.5 Å². The lowest BCUT2D eigenvalue weighted by atomic mass is 10.2.